The number of halogens is 2. The topological polar surface area (TPSA) is 59.5 Å². The van der Waals surface area contributed by atoms with E-state index >= 15 is 0 Å². The van der Waals surface area contributed by atoms with Crippen LogP contribution in [0.15, 0.2) is 24.4 Å². The molecule has 1 aliphatic rings. The largest absolute Gasteiger partial charge is 0.464 e. The summed E-state index contributed by atoms with van der Waals surface area (Å²) in [6, 6.07) is 4.60. The van der Waals surface area contributed by atoms with E-state index in [1.807, 2.05) is 6.92 Å². The monoisotopic (exact) mass is 394 g/mol. The van der Waals surface area contributed by atoms with Crippen LogP contribution >= 0.6 is 23.2 Å². The summed E-state index contributed by atoms with van der Waals surface area (Å²) in [6.07, 6.45) is 4.66. The van der Waals surface area contributed by atoms with E-state index in [1.165, 1.54) is 6.20 Å². The van der Waals surface area contributed by atoms with Crippen LogP contribution in [0.25, 0.3) is 10.8 Å². The van der Waals surface area contributed by atoms with Crippen molar-refractivity contribution in [1.82, 2.24) is 9.88 Å². The molecule has 0 saturated carbocycles. The molecule has 0 N–H and O–H groups in total. The van der Waals surface area contributed by atoms with Crippen molar-refractivity contribution < 1.29 is 14.3 Å². The number of likely N-dealkylation sites (tertiary alicyclic amines) is 1. The molecule has 0 radical (unpaired) electrons. The lowest BCUT2D eigenvalue weighted by Crippen LogP contribution is -2.41. The number of hydrogen-bond acceptors (Lipinski definition) is 4. The van der Waals surface area contributed by atoms with Crippen molar-refractivity contribution in [1.29, 1.82) is 0 Å². The van der Waals surface area contributed by atoms with Gasteiger partial charge in [-0.3, -0.25) is 4.79 Å². The summed E-state index contributed by atoms with van der Waals surface area (Å²) in [4.78, 5) is 30.9. The van der Waals surface area contributed by atoms with Crippen LogP contribution in [0.2, 0.25) is 10.2 Å². The third-order valence-corrected chi connectivity index (χ3v) is 5.17. The van der Waals surface area contributed by atoms with Gasteiger partial charge in [-0.1, -0.05) is 42.6 Å². The molecule has 2 heterocycles. The van der Waals surface area contributed by atoms with Gasteiger partial charge in [-0.25, -0.2) is 9.78 Å². The molecule has 0 unspecified atom stereocenters. The number of hydrogen-bond donors (Lipinski definition) is 0. The average molecular weight is 395 g/mol. The van der Waals surface area contributed by atoms with Crippen molar-refractivity contribution in [2.24, 2.45) is 0 Å². The van der Waals surface area contributed by atoms with E-state index in [0.29, 0.717) is 35.5 Å². The number of benzene rings is 1. The maximum absolute atomic E-state index is 13.0. The Morgan fingerprint density at radius 2 is 2.12 bits per heavy atom. The molecule has 1 saturated heterocycles. The second kappa shape index (κ2) is 8.23. The summed E-state index contributed by atoms with van der Waals surface area (Å²) in [5, 5.41) is 2.12. The fourth-order valence-corrected chi connectivity index (χ4v) is 3.56. The highest BCUT2D eigenvalue weighted by molar-refractivity contribution is 6.39. The Balaban J connectivity index is 1.83. The Morgan fingerprint density at radius 3 is 2.88 bits per heavy atom. The van der Waals surface area contributed by atoms with Crippen LogP contribution in [0.5, 0.6) is 0 Å². The third-order valence-electron chi connectivity index (χ3n) is 4.57. The number of carbonyl (C=O) groups excluding carboxylic acids is 2. The first kappa shape index (κ1) is 18.9. The fourth-order valence-electron chi connectivity index (χ4n) is 3.14. The lowest BCUT2D eigenvalue weighted by Gasteiger charge is -2.23. The van der Waals surface area contributed by atoms with Gasteiger partial charge in [0.05, 0.1) is 11.6 Å². The molecule has 7 heteroatoms. The minimum Gasteiger partial charge on any atom is -0.464 e. The minimum atomic E-state index is -0.525. The molecular weight excluding hydrogens is 375 g/mol. The SMILES string of the molecule is CCCCOC(=O)[C@@H]1CCCN1C(=O)c1ccc2c(Cl)cnc(Cl)c2c1. The van der Waals surface area contributed by atoms with Crippen molar-refractivity contribution in [3.63, 3.8) is 0 Å². The highest BCUT2D eigenvalue weighted by atomic mass is 35.5. The van der Waals surface area contributed by atoms with Crippen LogP contribution in [0.3, 0.4) is 0 Å². The first-order valence-electron chi connectivity index (χ1n) is 8.74. The highest BCUT2D eigenvalue weighted by Gasteiger charge is 2.35. The normalized spacial score (nSPS) is 16.9. The predicted molar refractivity (Wildman–Crippen MR) is 102 cm³/mol. The molecule has 1 atom stereocenters. The Morgan fingerprint density at radius 1 is 1.31 bits per heavy atom. The molecule has 5 nitrogen and oxygen atoms in total. The molecule has 0 aliphatic carbocycles. The van der Waals surface area contributed by atoms with Crippen LogP contribution in [-0.2, 0) is 9.53 Å². The van der Waals surface area contributed by atoms with Crippen LogP contribution < -0.4 is 0 Å². The van der Waals surface area contributed by atoms with Gasteiger partial charge in [0.1, 0.15) is 11.2 Å². The standard InChI is InChI=1S/C19H20Cl2N2O3/c1-2-3-9-26-19(25)16-5-4-8-23(16)18(24)12-6-7-13-14(10-12)17(21)22-11-15(13)20/h6-7,10-11,16H,2-5,8-9H2,1H3/t16-/m0/s1. The summed E-state index contributed by atoms with van der Waals surface area (Å²) in [7, 11) is 0. The van der Waals surface area contributed by atoms with E-state index < -0.39 is 6.04 Å². The predicted octanol–water partition coefficient (Wildman–Crippen LogP) is 4.49. The first-order valence-corrected chi connectivity index (χ1v) is 9.50. The number of ether oxygens (including phenoxy) is 1. The quantitative estimate of drug-likeness (QED) is 0.425. The number of esters is 1. The third kappa shape index (κ3) is 3.79. The van der Waals surface area contributed by atoms with Gasteiger partial charge >= 0.3 is 5.97 Å². The van der Waals surface area contributed by atoms with E-state index in [0.717, 1.165) is 24.6 Å². The molecule has 3 rings (SSSR count). The van der Waals surface area contributed by atoms with Gasteiger partial charge in [-0.05, 0) is 31.4 Å². The molecule has 0 bridgehead atoms. The smallest absolute Gasteiger partial charge is 0.328 e. The van der Waals surface area contributed by atoms with Gasteiger partial charge in [0.15, 0.2) is 0 Å². The molecule has 1 aromatic carbocycles. The summed E-state index contributed by atoms with van der Waals surface area (Å²) in [6.45, 7) is 2.96. The summed E-state index contributed by atoms with van der Waals surface area (Å²) < 4.78 is 5.31. The molecule has 1 aromatic heterocycles. The summed E-state index contributed by atoms with van der Waals surface area (Å²) >= 11 is 12.3. The Hall–Kier alpha value is -1.85. The van der Waals surface area contributed by atoms with Crippen molar-refractivity contribution in [2.45, 2.75) is 38.6 Å². The van der Waals surface area contributed by atoms with Gasteiger partial charge in [-0.2, -0.15) is 0 Å². The van der Waals surface area contributed by atoms with Crippen molar-refractivity contribution in [3.05, 3.63) is 40.1 Å². The van der Waals surface area contributed by atoms with Crippen LogP contribution in [0.4, 0.5) is 0 Å². The second-order valence-corrected chi connectivity index (χ2v) is 7.10. The molecule has 138 valence electrons. The van der Waals surface area contributed by atoms with E-state index in [9.17, 15) is 9.59 Å². The van der Waals surface area contributed by atoms with Gasteiger partial charge < -0.3 is 9.64 Å². The molecule has 26 heavy (non-hydrogen) atoms. The van der Waals surface area contributed by atoms with Gasteiger partial charge in [0.25, 0.3) is 5.91 Å². The molecule has 1 fully saturated rings. The number of carbonyl (C=O) groups is 2. The Labute approximate surface area is 162 Å². The fraction of sp³-hybridized carbons (Fsp3) is 0.421. The molecule has 0 spiro atoms. The zero-order valence-electron chi connectivity index (χ0n) is 14.5. The molecule has 1 amide bonds. The minimum absolute atomic E-state index is 0.210. The maximum atomic E-state index is 13.0. The van der Waals surface area contributed by atoms with E-state index in [4.69, 9.17) is 27.9 Å². The van der Waals surface area contributed by atoms with Gasteiger partial charge in [0, 0.05) is 29.1 Å². The van der Waals surface area contributed by atoms with Crippen molar-refractivity contribution in [2.75, 3.05) is 13.2 Å². The number of amides is 1. The molecule has 1 aliphatic heterocycles. The molecular formula is C19H20Cl2N2O3. The number of fused-ring (bicyclic) bond motifs is 1. The second-order valence-electron chi connectivity index (χ2n) is 6.33. The number of pyridine rings is 1. The van der Waals surface area contributed by atoms with Crippen molar-refractivity contribution in [3.8, 4) is 0 Å². The average Bonchev–Trinajstić information content (AvgIpc) is 3.14. The number of unbranched alkanes of at least 4 members (excludes halogenated alkanes) is 1. The summed E-state index contributed by atoms with van der Waals surface area (Å²) in [5.41, 5.74) is 0.455. The highest BCUT2D eigenvalue weighted by Crippen LogP contribution is 2.30. The lowest BCUT2D eigenvalue weighted by molar-refractivity contribution is -0.148. The maximum Gasteiger partial charge on any atom is 0.328 e. The number of rotatable bonds is 5. The van der Waals surface area contributed by atoms with Crippen LogP contribution in [0.1, 0.15) is 43.0 Å². The van der Waals surface area contributed by atoms with Crippen LogP contribution in [0, 0.1) is 0 Å². The Kier molecular flexibility index (Phi) is 5.99. The zero-order chi connectivity index (χ0) is 18.7. The van der Waals surface area contributed by atoms with Gasteiger partial charge in [-0.15, -0.1) is 0 Å². The van der Waals surface area contributed by atoms with E-state index in [1.54, 1.807) is 23.1 Å². The zero-order valence-corrected chi connectivity index (χ0v) is 16.0. The number of aromatic nitrogens is 1. The van der Waals surface area contributed by atoms with E-state index in [2.05, 4.69) is 4.98 Å². The lowest BCUT2D eigenvalue weighted by atomic mass is 10.1. The van der Waals surface area contributed by atoms with Crippen molar-refractivity contribution >= 4 is 45.9 Å². The summed E-state index contributed by atoms with van der Waals surface area (Å²) in [5.74, 6) is -0.536. The molecule has 2 aromatic rings. The number of nitrogens with zero attached hydrogens (tertiary/aromatic N) is 2. The Bertz CT molecular complexity index is 841. The van der Waals surface area contributed by atoms with E-state index in [-0.39, 0.29) is 17.0 Å². The van der Waals surface area contributed by atoms with Gasteiger partial charge in [0.2, 0.25) is 0 Å². The van der Waals surface area contributed by atoms with Crippen LogP contribution in [-0.4, -0.2) is 41.0 Å². The first-order chi connectivity index (χ1) is 12.5.